The van der Waals surface area contributed by atoms with Crippen molar-refractivity contribution < 1.29 is 9.72 Å². The van der Waals surface area contributed by atoms with Gasteiger partial charge < -0.3 is 20.1 Å². The Morgan fingerprint density at radius 2 is 1.97 bits per heavy atom. The van der Waals surface area contributed by atoms with Gasteiger partial charge in [0, 0.05) is 54.9 Å². The first-order chi connectivity index (χ1) is 13.9. The van der Waals surface area contributed by atoms with E-state index < -0.39 is 4.92 Å². The molecule has 3 rings (SSSR count). The number of rotatable bonds is 9. The number of nitro groups is 1. The molecule has 152 valence electrons. The first-order valence-electron chi connectivity index (χ1n) is 9.45. The summed E-state index contributed by atoms with van der Waals surface area (Å²) in [6, 6.07) is 14.3. The number of nitro benzene ring substituents is 1. The Bertz CT molecular complexity index is 1010. The number of anilines is 2. The second kappa shape index (κ2) is 9.20. The van der Waals surface area contributed by atoms with Crippen molar-refractivity contribution in [3.05, 3.63) is 64.8 Å². The van der Waals surface area contributed by atoms with Crippen LogP contribution >= 0.6 is 0 Å². The van der Waals surface area contributed by atoms with E-state index in [1.807, 2.05) is 38.4 Å². The maximum Gasteiger partial charge on any atom is 0.292 e. The zero-order chi connectivity index (χ0) is 20.8. The minimum absolute atomic E-state index is 0.00265. The Kier molecular flexibility index (Phi) is 6.46. The molecule has 3 aromatic rings. The van der Waals surface area contributed by atoms with Gasteiger partial charge in [-0.15, -0.1) is 0 Å². The normalized spacial score (nSPS) is 11.0. The average molecular weight is 395 g/mol. The lowest BCUT2D eigenvalue weighted by atomic mass is 10.2. The van der Waals surface area contributed by atoms with E-state index in [0.29, 0.717) is 12.2 Å². The van der Waals surface area contributed by atoms with E-state index >= 15 is 0 Å². The summed E-state index contributed by atoms with van der Waals surface area (Å²) in [7, 11) is 4.09. The Labute approximate surface area is 169 Å². The molecular formula is C21H25N5O3. The number of amides is 1. The van der Waals surface area contributed by atoms with Crippen molar-refractivity contribution in [1.82, 2.24) is 9.47 Å². The van der Waals surface area contributed by atoms with E-state index in [-0.39, 0.29) is 18.0 Å². The number of hydrogen-bond donors (Lipinski definition) is 2. The molecule has 8 nitrogen and oxygen atoms in total. The molecule has 1 amide bonds. The summed E-state index contributed by atoms with van der Waals surface area (Å²) < 4.78 is 2.19. The summed E-state index contributed by atoms with van der Waals surface area (Å²) in [4.78, 5) is 25.0. The molecular weight excluding hydrogens is 370 g/mol. The van der Waals surface area contributed by atoms with Crippen LogP contribution < -0.4 is 10.6 Å². The van der Waals surface area contributed by atoms with Gasteiger partial charge in [0.05, 0.1) is 4.92 Å². The van der Waals surface area contributed by atoms with E-state index in [2.05, 4.69) is 26.3 Å². The summed E-state index contributed by atoms with van der Waals surface area (Å²) in [5, 5.41) is 17.9. The molecule has 2 aromatic carbocycles. The summed E-state index contributed by atoms with van der Waals surface area (Å²) in [6.07, 6.45) is 2.25. The molecule has 0 radical (unpaired) electrons. The zero-order valence-electron chi connectivity index (χ0n) is 16.6. The Balaban J connectivity index is 1.55. The topological polar surface area (TPSA) is 92.4 Å². The fraction of sp³-hybridized carbons (Fsp3) is 0.286. The summed E-state index contributed by atoms with van der Waals surface area (Å²) in [5.74, 6) is -0.150. The van der Waals surface area contributed by atoms with E-state index in [1.165, 1.54) is 6.07 Å². The van der Waals surface area contributed by atoms with Crippen molar-refractivity contribution in [1.29, 1.82) is 0 Å². The van der Waals surface area contributed by atoms with Crippen molar-refractivity contribution in [3.63, 3.8) is 0 Å². The van der Waals surface area contributed by atoms with Crippen LogP contribution in [0.2, 0.25) is 0 Å². The molecule has 0 spiro atoms. The van der Waals surface area contributed by atoms with Crippen LogP contribution in [0, 0.1) is 10.1 Å². The second-order valence-corrected chi connectivity index (χ2v) is 7.09. The summed E-state index contributed by atoms with van der Waals surface area (Å²) in [5.41, 5.74) is 2.27. The fourth-order valence-corrected chi connectivity index (χ4v) is 3.10. The minimum Gasteiger partial charge on any atom is -0.379 e. The molecule has 0 aliphatic rings. The van der Waals surface area contributed by atoms with Gasteiger partial charge in [0.25, 0.3) is 5.69 Å². The Morgan fingerprint density at radius 3 is 2.72 bits per heavy atom. The smallest absolute Gasteiger partial charge is 0.292 e. The highest BCUT2D eigenvalue weighted by Gasteiger charge is 2.12. The molecule has 1 heterocycles. The molecule has 8 heteroatoms. The molecule has 0 atom stereocenters. The third kappa shape index (κ3) is 5.32. The van der Waals surface area contributed by atoms with E-state index in [1.54, 1.807) is 18.2 Å². The van der Waals surface area contributed by atoms with Gasteiger partial charge in [-0.05, 0) is 44.4 Å². The lowest BCUT2D eigenvalue weighted by Gasteiger charge is -2.11. The standard InChI is InChI=1S/C21H25N5O3/c1-24(2)13-14-25-12-10-16-15-17(7-8-19(16)25)23-21(27)9-11-22-18-5-3-4-6-20(18)26(28)29/h3-8,10,12,15,22H,9,11,13-14H2,1-2H3,(H,23,27). The number of likely N-dealkylation sites (N-methyl/N-ethyl adjacent to an activating group) is 1. The number of nitrogens with one attached hydrogen (secondary N) is 2. The molecule has 29 heavy (non-hydrogen) atoms. The number of fused-ring (bicyclic) bond motifs is 1. The van der Waals surface area contributed by atoms with Gasteiger partial charge in [0.2, 0.25) is 5.91 Å². The molecule has 0 saturated carbocycles. The van der Waals surface area contributed by atoms with Crippen molar-refractivity contribution in [3.8, 4) is 0 Å². The second-order valence-electron chi connectivity index (χ2n) is 7.09. The molecule has 2 N–H and O–H groups in total. The van der Waals surface area contributed by atoms with Gasteiger partial charge in [0.15, 0.2) is 0 Å². The minimum atomic E-state index is -0.442. The summed E-state index contributed by atoms with van der Waals surface area (Å²) in [6.45, 7) is 2.16. The molecule has 0 unspecified atom stereocenters. The molecule has 1 aromatic heterocycles. The van der Waals surface area contributed by atoms with Crippen LogP contribution in [0.4, 0.5) is 17.1 Å². The molecule has 0 aliphatic heterocycles. The van der Waals surface area contributed by atoms with Crippen LogP contribution in [-0.4, -0.2) is 47.5 Å². The van der Waals surface area contributed by atoms with Gasteiger partial charge in [-0.2, -0.15) is 0 Å². The van der Waals surface area contributed by atoms with E-state index in [9.17, 15) is 14.9 Å². The molecule has 0 fully saturated rings. The highest BCUT2D eigenvalue weighted by atomic mass is 16.6. The van der Waals surface area contributed by atoms with Gasteiger partial charge in [-0.3, -0.25) is 14.9 Å². The monoisotopic (exact) mass is 395 g/mol. The lowest BCUT2D eigenvalue weighted by Crippen LogP contribution is -2.18. The third-order valence-electron chi connectivity index (χ3n) is 4.61. The maximum atomic E-state index is 12.2. The number of para-hydroxylation sites is 2. The van der Waals surface area contributed by atoms with Gasteiger partial charge in [-0.25, -0.2) is 0 Å². The van der Waals surface area contributed by atoms with Gasteiger partial charge >= 0.3 is 0 Å². The largest absolute Gasteiger partial charge is 0.379 e. The number of carbonyl (C=O) groups excluding carboxylic acids is 1. The van der Waals surface area contributed by atoms with Gasteiger partial charge in [-0.1, -0.05) is 12.1 Å². The van der Waals surface area contributed by atoms with Crippen molar-refractivity contribution >= 4 is 33.9 Å². The Hall–Kier alpha value is -3.39. The SMILES string of the molecule is CN(C)CCn1ccc2cc(NC(=O)CCNc3ccccc3[N+](=O)[O-])ccc21. The van der Waals surface area contributed by atoms with Crippen LogP contribution in [0.15, 0.2) is 54.7 Å². The van der Waals surface area contributed by atoms with Crippen LogP contribution in [0.3, 0.4) is 0 Å². The third-order valence-corrected chi connectivity index (χ3v) is 4.61. The van der Waals surface area contributed by atoms with E-state index in [0.717, 1.165) is 29.7 Å². The van der Waals surface area contributed by atoms with Crippen LogP contribution in [-0.2, 0) is 11.3 Å². The zero-order valence-corrected chi connectivity index (χ0v) is 16.6. The molecule has 0 bridgehead atoms. The quantitative estimate of drug-likeness (QED) is 0.427. The number of nitrogens with zero attached hydrogens (tertiary/aromatic N) is 3. The number of benzene rings is 2. The van der Waals surface area contributed by atoms with Gasteiger partial charge in [0.1, 0.15) is 5.69 Å². The predicted molar refractivity (Wildman–Crippen MR) is 115 cm³/mol. The molecule has 0 aliphatic carbocycles. The predicted octanol–water partition coefficient (Wildman–Crippen LogP) is 3.55. The lowest BCUT2D eigenvalue weighted by molar-refractivity contribution is -0.384. The van der Waals surface area contributed by atoms with Crippen molar-refractivity contribution in [2.24, 2.45) is 0 Å². The number of hydrogen-bond acceptors (Lipinski definition) is 5. The molecule has 0 saturated heterocycles. The fourth-order valence-electron chi connectivity index (χ4n) is 3.10. The Morgan fingerprint density at radius 1 is 1.17 bits per heavy atom. The first kappa shape index (κ1) is 20.3. The summed E-state index contributed by atoms with van der Waals surface area (Å²) >= 11 is 0. The highest BCUT2D eigenvalue weighted by molar-refractivity contribution is 5.94. The van der Waals surface area contributed by atoms with Crippen LogP contribution in [0.5, 0.6) is 0 Å². The first-order valence-corrected chi connectivity index (χ1v) is 9.45. The van der Waals surface area contributed by atoms with Crippen LogP contribution in [0.25, 0.3) is 10.9 Å². The van der Waals surface area contributed by atoms with Crippen LogP contribution in [0.1, 0.15) is 6.42 Å². The average Bonchev–Trinajstić information content (AvgIpc) is 3.09. The maximum absolute atomic E-state index is 12.2. The van der Waals surface area contributed by atoms with Crippen molar-refractivity contribution in [2.75, 3.05) is 37.8 Å². The number of carbonyl (C=O) groups is 1. The van der Waals surface area contributed by atoms with E-state index in [4.69, 9.17) is 0 Å². The number of aromatic nitrogens is 1. The van der Waals surface area contributed by atoms with Crippen molar-refractivity contribution in [2.45, 2.75) is 13.0 Å². The highest BCUT2D eigenvalue weighted by Crippen LogP contribution is 2.23.